The molecule has 2 fully saturated rings. The van der Waals surface area contributed by atoms with E-state index in [1.165, 1.54) is 0 Å². The molecule has 1 heterocycles. The number of ketones is 1. The van der Waals surface area contributed by atoms with Crippen LogP contribution in [0.5, 0.6) is 0 Å². The van der Waals surface area contributed by atoms with Crippen molar-refractivity contribution >= 4 is 22.6 Å². The molecule has 1 amide bonds. The number of piperidine rings is 1. The number of carbonyl (C=O) groups is 2. The standard InChI is InChI=1S/C26H30N2O3/c1-26(2,3)31-25(30)28-22-11-10-21(15-22)24(28)23(29)14-18(16-27)12-17-8-9-19-6-4-5-7-20(19)13-17/h4-9,13,18,21-22,24H,10-12,14-15H2,1-3H3/t18-,21+,22-,24+/m1/s1. The van der Waals surface area contributed by atoms with Gasteiger partial charge in [-0.3, -0.25) is 9.69 Å². The summed E-state index contributed by atoms with van der Waals surface area (Å²) in [6, 6.07) is 16.2. The van der Waals surface area contributed by atoms with E-state index in [0.717, 1.165) is 35.6 Å². The van der Waals surface area contributed by atoms with Crippen molar-refractivity contribution in [1.29, 1.82) is 5.26 Å². The van der Waals surface area contributed by atoms with Gasteiger partial charge in [0, 0.05) is 12.5 Å². The van der Waals surface area contributed by atoms with Crippen LogP contribution in [-0.4, -0.2) is 34.5 Å². The lowest BCUT2D eigenvalue weighted by Gasteiger charge is -2.35. The third-order valence-corrected chi connectivity index (χ3v) is 6.45. The minimum Gasteiger partial charge on any atom is -0.444 e. The van der Waals surface area contributed by atoms with Gasteiger partial charge in [-0.25, -0.2) is 4.79 Å². The van der Waals surface area contributed by atoms with E-state index < -0.39 is 23.7 Å². The largest absolute Gasteiger partial charge is 0.444 e. The third-order valence-electron chi connectivity index (χ3n) is 6.45. The Labute approximate surface area is 184 Å². The van der Waals surface area contributed by atoms with Crippen LogP contribution in [0, 0.1) is 23.2 Å². The average Bonchev–Trinajstić information content (AvgIpc) is 3.33. The van der Waals surface area contributed by atoms with Gasteiger partial charge in [-0.05, 0) is 68.7 Å². The lowest BCUT2D eigenvalue weighted by Crippen LogP contribution is -2.51. The topological polar surface area (TPSA) is 70.4 Å². The lowest BCUT2D eigenvalue weighted by molar-refractivity contribution is -0.126. The van der Waals surface area contributed by atoms with E-state index in [2.05, 4.69) is 30.3 Å². The maximum atomic E-state index is 13.3. The molecule has 0 spiro atoms. The molecule has 2 aromatic rings. The summed E-state index contributed by atoms with van der Waals surface area (Å²) in [5.41, 5.74) is 0.452. The van der Waals surface area contributed by atoms with Gasteiger partial charge in [0.1, 0.15) is 5.60 Å². The number of likely N-dealkylation sites (tertiary alicyclic amines) is 1. The summed E-state index contributed by atoms with van der Waals surface area (Å²) in [6.45, 7) is 5.52. The summed E-state index contributed by atoms with van der Waals surface area (Å²) in [7, 11) is 0. The number of nitriles is 1. The molecular weight excluding hydrogens is 388 g/mol. The second kappa shape index (κ2) is 8.34. The SMILES string of the molecule is CC(C)(C)OC(=O)N1[C@@H]2CC[C@@H](C2)[C@H]1C(=O)C[C@H](C#N)Cc1ccc2ccccc2c1. The highest BCUT2D eigenvalue weighted by Gasteiger charge is 2.52. The van der Waals surface area contributed by atoms with Gasteiger partial charge in [0.25, 0.3) is 0 Å². The Morgan fingerprint density at radius 3 is 2.61 bits per heavy atom. The highest BCUT2D eigenvalue weighted by Crippen LogP contribution is 2.44. The van der Waals surface area contributed by atoms with E-state index in [1.807, 2.05) is 39.0 Å². The number of amides is 1. The van der Waals surface area contributed by atoms with Crippen LogP contribution in [0.2, 0.25) is 0 Å². The predicted molar refractivity (Wildman–Crippen MR) is 119 cm³/mol. The van der Waals surface area contributed by atoms with Crippen molar-refractivity contribution < 1.29 is 14.3 Å². The molecule has 4 rings (SSSR count). The molecule has 5 nitrogen and oxygen atoms in total. The smallest absolute Gasteiger partial charge is 0.411 e. The van der Waals surface area contributed by atoms with Crippen molar-refractivity contribution in [2.75, 3.05) is 0 Å². The van der Waals surface area contributed by atoms with Gasteiger partial charge < -0.3 is 4.74 Å². The Bertz CT molecular complexity index is 1030. The highest BCUT2D eigenvalue weighted by molar-refractivity contribution is 5.89. The Kier molecular flexibility index (Phi) is 5.75. The summed E-state index contributed by atoms with van der Waals surface area (Å²) >= 11 is 0. The number of hydrogen-bond acceptors (Lipinski definition) is 4. The normalized spacial score (nSPS) is 23.5. The number of Topliss-reactive ketones (excluding diaryl/α,β-unsaturated/α-hetero) is 1. The van der Waals surface area contributed by atoms with Crippen LogP contribution in [0.25, 0.3) is 10.8 Å². The zero-order valence-corrected chi connectivity index (χ0v) is 18.5. The zero-order chi connectivity index (χ0) is 22.2. The van der Waals surface area contributed by atoms with E-state index in [9.17, 15) is 14.9 Å². The second-order valence-corrected chi connectivity index (χ2v) is 9.94. The number of rotatable bonds is 5. The molecule has 0 aromatic heterocycles. The number of ether oxygens (including phenoxy) is 1. The number of hydrogen-bond donors (Lipinski definition) is 0. The minimum absolute atomic E-state index is 0.00889. The van der Waals surface area contributed by atoms with Gasteiger partial charge in [0.2, 0.25) is 0 Å². The highest BCUT2D eigenvalue weighted by atomic mass is 16.6. The quantitative estimate of drug-likeness (QED) is 0.663. The molecule has 0 N–H and O–H groups in total. The molecule has 1 aliphatic carbocycles. The summed E-state index contributed by atoms with van der Waals surface area (Å²) in [6.07, 6.45) is 3.03. The monoisotopic (exact) mass is 418 g/mol. The van der Waals surface area contributed by atoms with Gasteiger partial charge in [0.15, 0.2) is 5.78 Å². The van der Waals surface area contributed by atoms with Crippen LogP contribution in [0.15, 0.2) is 42.5 Å². The minimum atomic E-state index is -0.599. The van der Waals surface area contributed by atoms with Gasteiger partial charge in [-0.2, -0.15) is 5.26 Å². The molecule has 1 aliphatic heterocycles. The second-order valence-electron chi connectivity index (χ2n) is 9.94. The fourth-order valence-electron chi connectivity index (χ4n) is 5.16. The van der Waals surface area contributed by atoms with Crippen LogP contribution in [0.1, 0.15) is 52.0 Å². The molecule has 0 unspecified atom stereocenters. The molecule has 2 bridgehead atoms. The van der Waals surface area contributed by atoms with Crippen LogP contribution < -0.4 is 0 Å². The first-order valence-corrected chi connectivity index (χ1v) is 11.2. The van der Waals surface area contributed by atoms with Crippen molar-refractivity contribution in [2.45, 2.75) is 70.6 Å². The Hall–Kier alpha value is -2.87. The molecule has 4 atom stereocenters. The average molecular weight is 419 g/mol. The van der Waals surface area contributed by atoms with E-state index in [1.54, 1.807) is 4.90 Å². The maximum Gasteiger partial charge on any atom is 0.411 e. The lowest BCUT2D eigenvalue weighted by atomic mass is 9.87. The summed E-state index contributed by atoms with van der Waals surface area (Å²) in [4.78, 5) is 27.8. The van der Waals surface area contributed by atoms with Gasteiger partial charge in [-0.15, -0.1) is 0 Å². The van der Waals surface area contributed by atoms with Gasteiger partial charge in [-0.1, -0.05) is 42.5 Å². The van der Waals surface area contributed by atoms with Gasteiger partial charge in [0.05, 0.1) is 18.0 Å². The van der Waals surface area contributed by atoms with Crippen LogP contribution in [0.4, 0.5) is 4.79 Å². The fraction of sp³-hybridized carbons (Fsp3) is 0.500. The number of fused-ring (bicyclic) bond motifs is 3. The molecule has 162 valence electrons. The molecule has 2 aliphatic rings. The van der Waals surface area contributed by atoms with Crippen LogP contribution >= 0.6 is 0 Å². The Morgan fingerprint density at radius 1 is 1.16 bits per heavy atom. The molecule has 31 heavy (non-hydrogen) atoms. The summed E-state index contributed by atoms with van der Waals surface area (Å²) < 4.78 is 5.59. The van der Waals surface area contributed by atoms with E-state index in [0.29, 0.717) is 6.42 Å². The number of carbonyl (C=O) groups excluding carboxylic acids is 2. The maximum absolute atomic E-state index is 13.3. The van der Waals surface area contributed by atoms with Gasteiger partial charge >= 0.3 is 6.09 Å². The molecule has 1 saturated carbocycles. The van der Waals surface area contributed by atoms with Crippen molar-refractivity contribution in [1.82, 2.24) is 4.90 Å². The molecule has 1 saturated heterocycles. The van der Waals surface area contributed by atoms with Crippen molar-refractivity contribution in [3.63, 3.8) is 0 Å². The Morgan fingerprint density at radius 2 is 1.90 bits per heavy atom. The third kappa shape index (κ3) is 4.58. The number of nitrogens with zero attached hydrogens (tertiary/aromatic N) is 2. The van der Waals surface area contributed by atoms with Crippen molar-refractivity contribution in [3.8, 4) is 6.07 Å². The van der Waals surface area contributed by atoms with Crippen LogP contribution in [-0.2, 0) is 16.0 Å². The fourth-order valence-corrected chi connectivity index (χ4v) is 5.16. The zero-order valence-electron chi connectivity index (χ0n) is 18.5. The van der Waals surface area contributed by atoms with Crippen molar-refractivity contribution in [3.05, 3.63) is 48.0 Å². The molecule has 0 radical (unpaired) electrons. The first-order chi connectivity index (χ1) is 14.7. The van der Waals surface area contributed by atoms with E-state index in [4.69, 9.17) is 4.74 Å². The molecule has 2 aromatic carbocycles. The van der Waals surface area contributed by atoms with Crippen LogP contribution in [0.3, 0.4) is 0 Å². The number of benzene rings is 2. The molecular formula is C26H30N2O3. The molecule has 5 heteroatoms. The Balaban J connectivity index is 1.47. The van der Waals surface area contributed by atoms with E-state index >= 15 is 0 Å². The first kappa shape index (κ1) is 21.4. The summed E-state index contributed by atoms with van der Waals surface area (Å²) in [5, 5.41) is 12.0. The first-order valence-electron chi connectivity index (χ1n) is 11.2. The van der Waals surface area contributed by atoms with E-state index in [-0.39, 0.29) is 24.2 Å². The summed E-state index contributed by atoms with van der Waals surface area (Å²) in [5.74, 6) is -0.233. The predicted octanol–water partition coefficient (Wildman–Crippen LogP) is 5.27. The van der Waals surface area contributed by atoms with Crippen molar-refractivity contribution in [2.24, 2.45) is 11.8 Å².